The lowest BCUT2D eigenvalue weighted by Gasteiger charge is -2.17. The van der Waals surface area contributed by atoms with E-state index in [9.17, 15) is 14.4 Å². The van der Waals surface area contributed by atoms with Crippen LogP contribution in [0.25, 0.3) is 10.4 Å². The van der Waals surface area contributed by atoms with E-state index < -0.39 is 17.9 Å². The SMILES string of the molecule is CC[C@H](NC(=O)CCc1ccc(-c2cccs2)cc1)C(=O)C[C@@H](C)C(N)=O. The van der Waals surface area contributed by atoms with E-state index in [1.54, 1.807) is 18.3 Å². The van der Waals surface area contributed by atoms with E-state index in [1.807, 2.05) is 30.5 Å². The fourth-order valence-electron chi connectivity index (χ4n) is 2.76. The van der Waals surface area contributed by atoms with Crippen LogP contribution in [0.15, 0.2) is 41.8 Å². The van der Waals surface area contributed by atoms with E-state index in [0.717, 1.165) is 5.56 Å². The Morgan fingerprint density at radius 3 is 2.41 bits per heavy atom. The number of benzene rings is 1. The Morgan fingerprint density at radius 1 is 1.15 bits per heavy atom. The van der Waals surface area contributed by atoms with Crippen LogP contribution in [-0.2, 0) is 20.8 Å². The molecule has 1 heterocycles. The molecule has 0 spiro atoms. The molecule has 0 aliphatic rings. The first-order valence-corrected chi connectivity index (χ1v) is 10.0. The highest BCUT2D eigenvalue weighted by molar-refractivity contribution is 7.13. The molecular weight excluding hydrogens is 360 g/mol. The number of hydrogen-bond acceptors (Lipinski definition) is 4. The second kappa shape index (κ2) is 10.0. The second-order valence-corrected chi connectivity index (χ2v) is 7.62. The van der Waals surface area contributed by atoms with Crippen LogP contribution in [0.5, 0.6) is 0 Å². The van der Waals surface area contributed by atoms with Crippen LogP contribution < -0.4 is 11.1 Å². The number of amides is 2. The third-order valence-electron chi connectivity index (χ3n) is 4.53. The molecule has 2 atom stereocenters. The summed E-state index contributed by atoms with van der Waals surface area (Å²) in [5.74, 6) is -1.34. The van der Waals surface area contributed by atoms with Gasteiger partial charge in [-0.2, -0.15) is 0 Å². The number of thiophene rings is 1. The number of carbonyl (C=O) groups is 3. The molecule has 0 saturated heterocycles. The Morgan fingerprint density at radius 2 is 1.85 bits per heavy atom. The first-order valence-electron chi connectivity index (χ1n) is 9.15. The summed E-state index contributed by atoms with van der Waals surface area (Å²) in [7, 11) is 0. The fourth-order valence-corrected chi connectivity index (χ4v) is 3.49. The summed E-state index contributed by atoms with van der Waals surface area (Å²) in [6.07, 6.45) is 1.47. The zero-order valence-corrected chi connectivity index (χ0v) is 16.6. The summed E-state index contributed by atoms with van der Waals surface area (Å²) in [6.45, 7) is 3.45. The maximum absolute atomic E-state index is 12.2. The molecule has 2 amide bonds. The molecule has 0 aliphatic carbocycles. The molecule has 2 rings (SSSR count). The number of primary amides is 1. The fraction of sp³-hybridized carbons (Fsp3) is 0.381. The molecule has 144 valence electrons. The van der Waals surface area contributed by atoms with Crippen molar-refractivity contribution in [3.8, 4) is 10.4 Å². The van der Waals surface area contributed by atoms with Gasteiger partial charge >= 0.3 is 0 Å². The van der Waals surface area contributed by atoms with E-state index in [2.05, 4.69) is 23.5 Å². The van der Waals surface area contributed by atoms with Crippen molar-refractivity contribution in [2.75, 3.05) is 0 Å². The van der Waals surface area contributed by atoms with Crippen molar-refractivity contribution in [2.24, 2.45) is 11.7 Å². The summed E-state index contributed by atoms with van der Waals surface area (Å²) in [4.78, 5) is 36.8. The highest BCUT2D eigenvalue weighted by atomic mass is 32.1. The van der Waals surface area contributed by atoms with Crippen molar-refractivity contribution in [3.05, 3.63) is 47.3 Å². The number of nitrogens with two attached hydrogens (primary N) is 1. The molecule has 3 N–H and O–H groups in total. The molecule has 0 bridgehead atoms. The van der Waals surface area contributed by atoms with E-state index in [4.69, 9.17) is 5.73 Å². The van der Waals surface area contributed by atoms with Crippen LogP contribution in [0.2, 0.25) is 0 Å². The Hall–Kier alpha value is -2.47. The first-order chi connectivity index (χ1) is 12.9. The third-order valence-corrected chi connectivity index (χ3v) is 5.44. The lowest BCUT2D eigenvalue weighted by molar-refractivity contribution is -0.130. The number of ketones is 1. The number of hydrogen-bond donors (Lipinski definition) is 2. The van der Waals surface area contributed by atoms with Crippen molar-refractivity contribution in [1.29, 1.82) is 0 Å². The van der Waals surface area contributed by atoms with Crippen LogP contribution >= 0.6 is 11.3 Å². The predicted octanol–water partition coefficient (Wildman–Crippen LogP) is 3.32. The molecule has 0 unspecified atom stereocenters. The predicted molar refractivity (Wildman–Crippen MR) is 108 cm³/mol. The van der Waals surface area contributed by atoms with Crippen molar-refractivity contribution in [3.63, 3.8) is 0 Å². The molecule has 1 aromatic carbocycles. The van der Waals surface area contributed by atoms with Gasteiger partial charge in [0.2, 0.25) is 11.8 Å². The van der Waals surface area contributed by atoms with Gasteiger partial charge in [0.05, 0.1) is 6.04 Å². The van der Waals surface area contributed by atoms with E-state index in [0.29, 0.717) is 19.3 Å². The molecule has 2 aromatic rings. The largest absolute Gasteiger partial charge is 0.369 e. The van der Waals surface area contributed by atoms with Gasteiger partial charge in [-0.3, -0.25) is 14.4 Å². The molecule has 5 nitrogen and oxygen atoms in total. The number of rotatable bonds is 10. The van der Waals surface area contributed by atoms with Crippen LogP contribution in [-0.4, -0.2) is 23.6 Å². The maximum Gasteiger partial charge on any atom is 0.220 e. The molecule has 0 saturated carbocycles. The van der Waals surface area contributed by atoms with E-state index in [-0.39, 0.29) is 18.1 Å². The zero-order valence-electron chi connectivity index (χ0n) is 15.7. The number of Topliss-reactive ketones (excluding diaryl/α,β-unsaturated/α-hetero) is 1. The molecule has 0 radical (unpaired) electrons. The van der Waals surface area contributed by atoms with Gasteiger partial charge in [0, 0.05) is 23.6 Å². The van der Waals surface area contributed by atoms with Crippen LogP contribution in [0.3, 0.4) is 0 Å². The van der Waals surface area contributed by atoms with Gasteiger partial charge in [-0.05, 0) is 35.4 Å². The third kappa shape index (κ3) is 6.32. The minimum atomic E-state index is -0.569. The Balaban J connectivity index is 1.83. The van der Waals surface area contributed by atoms with Gasteiger partial charge < -0.3 is 11.1 Å². The average molecular weight is 387 g/mol. The van der Waals surface area contributed by atoms with Gasteiger partial charge in [0.15, 0.2) is 5.78 Å². The average Bonchev–Trinajstić information content (AvgIpc) is 3.19. The number of carbonyl (C=O) groups excluding carboxylic acids is 3. The second-order valence-electron chi connectivity index (χ2n) is 6.68. The normalized spacial score (nSPS) is 13.0. The highest BCUT2D eigenvalue weighted by Crippen LogP contribution is 2.24. The van der Waals surface area contributed by atoms with Gasteiger partial charge in [0.25, 0.3) is 0 Å². The minimum Gasteiger partial charge on any atom is -0.369 e. The Labute approximate surface area is 164 Å². The Bertz CT molecular complexity index is 769. The standard InChI is InChI=1S/C21H26N2O3S/c1-3-17(18(24)13-14(2)21(22)26)23-20(25)11-8-15-6-9-16(10-7-15)19-5-4-12-27-19/h4-7,9-10,12,14,17H,3,8,11,13H2,1-2H3,(H2,22,26)(H,23,25)/t14-,17+/m1/s1. The van der Waals surface area contributed by atoms with Crippen molar-refractivity contribution in [2.45, 2.75) is 45.6 Å². The maximum atomic E-state index is 12.2. The van der Waals surface area contributed by atoms with Crippen LogP contribution in [0.4, 0.5) is 0 Å². The molecule has 0 aliphatic heterocycles. The van der Waals surface area contributed by atoms with E-state index in [1.165, 1.54) is 10.4 Å². The molecule has 6 heteroatoms. The van der Waals surface area contributed by atoms with E-state index >= 15 is 0 Å². The first kappa shape index (κ1) is 20.8. The minimum absolute atomic E-state index is 0.0539. The highest BCUT2D eigenvalue weighted by Gasteiger charge is 2.22. The Kier molecular flexibility index (Phi) is 7.73. The number of nitrogens with one attached hydrogen (secondary N) is 1. The van der Waals surface area contributed by atoms with Crippen molar-refractivity contribution in [1.82, 2.24) is 5.32 Å². The summed E-state index contributed by atoms with van der Waals surface area (Å²) >= 11 is 1.69. The summed E-state index contributed by atoms with van der Waals surface area (Å²) in [5.41, 5.74) is 7.44. The summed E-state index contributed by atoms with van der Waals surface area (Å²) < 4.78 is 0. The monoisotopic (exact) mass is 386 g/mol. The summed E-state index contributed by atoms with van der Waals surface area (Å²) in [6, 6.07) is 11.7. The smallest absolute Gasteiger partial charge is 0.220 e. The van der Waals surface area contributed by atoms with Gasteiger partial charge in [-0.1, -0.05) is 44.2 Å². The van der Waals surface area contributed by atoms with Crippen molar-refractivity contribution < 1.29 is 14.4 Å². The van der Waals surface area contributed by atoms with Crippen molar-refractivity contribution >= 4 is 28.9 Å². The molecule has 0 fully saturated rings. The zero-order chi connectivity index (χ0) is 19.8. The van der Waals surface area contributed by atoms with Crippen LogP contribution in [0.1, 0.15) is 38.7 Å². The molecular formula is C21H26N2O3S. The van der Waals surface area contributed by atoms with Gasteiger partial charge in [-0.15, -0.1) is 11.3 Å². The lowest BCUT2D eigenvalue weighted by atomic mass is 9.98. The lowest BCUT2D eigenvalue weighted by Crippen LogP contribution is -2.41. The van der Waals surface area contributed by atoms with Gasteiger partial charge in [-0.25, -0.2) is 0 Å². The summed E-state index contributed by atoms with van der Waals surface area (Å²) in [5, 5.41) is 4.82. The van der Waals surface area contributed by atoms with Crippen LogP contribution in [0, 0.1) is 5.92 Å². The molecule has 1 aromatic heterocycles. The number of aryl methyl sites for hydroxylation is 1. The quantitative estimate of drug-likeness (QED) is 0.656. The molecule has 27 heavy (non-hydrogen) atoms. The van der Waals surface area contributed by atoms with Gasteiger partial charge in [0.1, 0.15) is 0 Å². The topological polar surface area (TPSA) is 89.3 Å².